The van der Waals surface area contributed by atoms with Crippen molar-refractivity contribution in [1.82, 2.24) is 4.90 Å². The first-order valence-electron chi connectivity index (χ1n) is 7.39. The lowest BCUT2D eigenvalue weighted by Gasteiger charge is -2.35. The lowest BCUT2D eigenvalue weighted by Crippen LogP contribution is -2.50. The highest BCUT2D eigenvalue weighted by atomic mass is 32.2. The molecule has 21 heavy (non-hydrogen) atoms. The zero-order valence-electron chi connectivity index (χ0n) is 12.3. The smallest absolute Gasteiger partial charge is 0.153 e. The number of nitrogens with zero attached hydrogens (tertiary/aromatic N) is 1. The zero-order valence-corrected chi connectivity index (χ0v) is 13.1. The molecule has 1 aromatic carbocycles. The molecule has 2 fully saturated rings. The Kier molecular flexibility index (Phi) is 4.19. The fourth-order valence-electron chi connectivity index (χ4n) is 3.18. The van der Waals surface area contributed by atoms with Crippen molar-refractivity contribution in [2.24, 2.45) is 0 Å². The molecule has 0 bridgehead atoms. The largest absolute Gasteiger partial charge is 0.380 e. The minimum atomic E-state index is -2.97. The van der Waals surface area contributed by atoms with Crippen LogP contribution >= 0.6 is 0 Å². The Morgan fingerprint density at radius 2 is 2.00 bits per heavy atom. The van der Waals surface area contributed by atoms with Gasteiger partial charge in [0.25, 0.3) is 0 Å². The normalized spacial score (nSPS) is 29.4. The van der Waals surface area contributed by atoms with E-state index in [0.717, 1.165) is 18.8 Å². The van der Waals surface area contributed by atoms with Crippen LogP contribution in [0.25, 0.3) is 0 Å². The lowest BCUT2D eigenvalue weighted by atomic mass is 10.1. The average Bonchev–Trinajstić information content (AvgIpc) is 2.75. The first-order chi connectivity index (χ1) is 10.0. The maximum Gasteiger partial charge on any atom is 0.153 e. The number of morpholine rings is 1. The van der Waals surface area contributed by atoms with Crippen LogP contribution < -0.4 is 5.32 Å². The maximum absolute atomic E-state index is 12.1. The fourth-order valence-corrected chi connectivity index (χ4v) is 5.14. The molecule has 0 aromatic heterocycles. The molecular formula is C15H22N2O3S. The third-order valence-corrected chi connectivity index (χ3v) is 5.92. The fraction of sp³-hybridized carbons (Fsp3) is 0.600. The number of sulfone groups is 1. The molecule has 3 rings (SSSR count). The van der Waals surface area contributed by atoms with Crippen molar-refractivity contribution in [2.45, 2.75) is 19.0 Å². The Morgan fingerprint density at radius 3 is 2.71 bits per heavy atom. The number of benzene rings is 1. The topological polar surface area (TPSA) is 58.6 Å². The van der Waals surface area contributed by atoms with Crippen LogP contribution in [-0.4, -0.2) is 63.2 Å². The van der Waals surface area contributed by atoms with Crippen LogP contribution in [0, 0.1) is 6.92 Å². The van der Waals surface area contributed by atoms with Gasteiger partial charge in [0.1, 0.15) is 0 Å². The molecule has 2 unspecified atom stereocenters. The van der Waals surface area contributed by atoms with Gasteiger partial charge in [0, 0.05) is 24.8 Å². The third-order valence-electron chi connectivity index (χ3n) is 4.21. The summed E-state index contributed by atoms with van der Waals surface area (Å²) in [5, 5.41) is 3.42. The Labute approximate surface area is 126 Å². The van der Waals surface area contributed by atoms with Crippen LogP contribution in [0.3, 0.4) is 0 Å². The van der Waals surface area contributed by atoms with Gasteiger partial charge in [0.05, 0.1) is 30.8 Å². The van der Waals surface area contributed by atoms with Crippen LogP contribution in [-0.2, 0) is 14.6 Å². The van der Waals surface area contributed by atoms with E-state index >= 15 is 0 Å². The maximum atomic E-state index is 12.1. The highest BCUT2D eigenvalue weighted by molar-refractivity contribution is 7.91. The summed E-state index contributed by atoms with van der Waals surface area (Å²) in [5.74, 6) is 0.458. The molecule has 2 saturated heterocycles. The zero-order chi connectivity index (χ0) is 14.9. The predicted octanol–water partition coefficient (Wildman–Crippen LogP) is 0.905. The molecule has 0 spiro atoms. The number of rotatable bonds is 3. The van der Waals surface area contributed by atoms with Crippen LogP contribution in [0.4, 0.5) is 5.69 Å². The summed E-state index contributed by atoms with van der Waals surface area (Å²) in [5.41, 5.74) is 2.17. The predicted molar refractivity (Wildman–Crippen MR) is 83.4 cm³/mol. The first kappa shape index (κ1) is 14.8. The van der Waals surface area contributed by atoms with Crippen molar-refractivity contribution in [1.29, 1.82) is 0 Å². The number of nitrogens with one attached hydrogen (secondary N) is 1. The van der Waals surface area contributed by atoms with E-state index in [9.17, 15) is 8.42 Å². The van der Waals surface area contributed by atoms with Gasteiger partial charge in [-0.15, -0.1) is 0 Å². The lowest BCUT2D eigenvalue weighted by molar-refractivity contribution is 0.0199. The molecule has 5 nitrogen and oxygen atoms in total. The minimum absolute atomic E-state index is 0.0411. The molecule has 0 saturated carbocycles. The SMILES string of the molecule is Cc1cccc(NC2CS(=O)(=O)CC2N2CCOCC2)c1. The van der Waals surface area contributed by atoms with Crippen LogP contribution in [0.1, 0.15) is 5.56 Å². The van der Waals surface area contributed by atoms with E-state index in [0.29, 0.717) is 13.2 Å². The Morgan fingerprint density at radius 1 is 1.24 bits per heavy atom. The molecular weight excluding hydrogens is 288 g/mol. The number of ether oxygens (including phenoxy) is 1. The second kappa shape index (κ2) is 5.94. The quantitative estimate of drug-likeness (QED) is 0.899. The number of hydrogen-bond acceptors (Lipinski definition) is 5. The Bertz CT molecular complexity index is 597. The minimum Gasteiger partial charge on any atom is -0.380 e. The summed E-state index contributed by atoms with van der Waals surface area (Å²) in [6.07, 6.45) is 0. The van der Waals surface area contributed by atoms with Gasteiger partial charge in [-0.25, -0.2) is 8.42 Å². The third kappa shape index (κ3) is 3.56. The molecule has 2 atom stereocenters. The van der Waals surface area contributed by atoms with E-state index in [-0.39, 0.29) is 23.6 Å². The van der Waals surface area contributed by atoms with E-state index in [1.807, 2.05) is 25.1 Å². The molecule has 2 heterocycles. The van der Waals surface area contributed by atoms with Gasteiger partial charge in [-0.1, -0.05) is 12.1 Å². The number of hydrogen-bond donors (Lipinski definition) is 1. The summed E-state index contributed by atoms with van der Waals surface area (Å²) >= 11 is 0. The highest BCUT2D eigenvalue weighted by Crippen LogP contribution is 2.23. The van der Waals surface area contributed by atoms with Gasteiger partial charge >= 0.3 is 0 Å². The van der Waals surface area contributed by atoms with E-state index < -0.39 is 9.84 Å². The molecule has 2 aliphatic rings. The van der Waals surface area contributed by atoms with E-state index in [2.05, 4.69) is 16.3 Å². The number of aryl methyl sites for hydroxylation is 1. The molecule has 1 N–H and O–H groups in total. The first-order valence-corrected chi connectivity index (χ1v) is 9.21. The summed E-state index contributed by atoms with van der Waals surface area (Å²) in [6.45, 7) is 5.04. The summed E-state index contributed by atoms with van der Waals surface area (Å²) in [7, 11) is -2.97. The van der Waals surface area contributed by atoms with Crippen molar-refractivity contribution in [3.05, 3.63) is 29.8 Å². The highest BCUT2D eigenvalue weighted by Gasteiger charge is 2.41. The van der Waals surface area contributed by atoms with Crippen LogP contribution in [0.2, 0.25) is 0 Å². The van der Waals surface area contributed by atoms with Crippen LogP contribution in [0.15, 0.2) is 24.3 Å². The van der Waals surface area contributed by atoms with Crippen molar-refractivity contribution in [2.75, 3.05) is 43.1 Å². The van der Waals surface area contributed by atoms with E-state index in [4.69, 9.17) is 4.74 Å². The van der Waals surface area contributed by atoms with Gasteiger partial charge in [0.15, 0.2) is 9.84 Å². The van der Waals surface area contributed by atoms with Gasteiger partial charge < -0.3 is 10.1 Å². The van der Waals surface area contributed by atoms with Gasteiger partial charge in [0.2, 0.25) is 0 Å². The average molecular weight is 310 g/mol. The van der Waals surface area contributed by atoms with Crippen molar-refractivity contribution >= 4 is 15.5 Å². The molecule has 0 amide bonds. The summed E-state index contributed by atoms with van der Waals surface area (Å²) in [6, 6.07) is 8.07. The van der Waals surface area contributed by atoms with Gasteiger partial charge in [-0.3, -0.25) is 4.90 Å². The monoisotopic (exact) mass is 310 g/mol. The van der Waals surface area contributed by atoms with E-state index in [1.165, 1.54) is 5.56 Å². The van der Waals surface area contributed by atoms with Gasteiger partial charge in [-0.2, -0.15) is 0 Å². The molecule has 116 valence electrons. The summed E-state index contributed by atoms with van der Waals surface area (Å²) < 4.78 is 29.5. The number of anilines is 1. The van der Waals surface area contributed by atoms with Crippen molar-refractivity contribution in [3.8, 4) is 0 Å². The molecule has 1 aromatic rings. The molecule has 0 radical (unpaired) electrons. The van der Waals surface area contributed by atoms with Crippen molar-refractivity contribution < 1.29 is 13.2 Å². The Balaban J connectivity index is 1.77. The molecule has 2 aliphatic heterocycles. The second-order valence-corrected chi connectivity index (χ2v) is 8.07. The van der Waals surface area contributed by atoms with Crippen LogP contribution in [0.5, 0.6) is 0 Å². The second-order valence-electron chi connectivity index (χ2n) is 5.91. The standard InChI is InChI=1S/C15H22N2O3S/c1-12-3-2-4-13(9-12)16-14-10-21(18,19)11-15(14)17-5-7-20-8-6-17/h2-4,9,14-16H,5-8,10-11H2,1H3. The Hall–Kier alpha value is -1.11. The molecule has 6 heteroatoms. The van der Waals surface area contributed by atoms with E-state index in [1.54, 1.807) is 0 Å². The van der Waals surface area contributed by atoms with Crippen molar-refractivity contribution in [3.63, 3.8) is 0 Å². The van der Waals surface area contributed by atoms with Gasteiger partial charge in [-0.05, 0) is 24.6 Å². The molecule has 0 aliphatic carbocycles. The summed E-state index contributed by atoms with van der Waals surface area (Å²) in [4.78, 5) is 2.25.